The second kappa shape index (κ2) is 4.53. The molecule has 0 aliphatic heterocycles. The zero-order chi connectivity index (χ0) is 14.3. The average Bonchev–Trinajstić information content (AvgIpc) is 2.63. The molecule has 8 heteroatoms. The second-order valence-electron chi connectivity index (χ2n) is 4.05. The number of sulfonamides is 1. The number of halogens is 3. The summed E-state index contributed by atoms with van der Waals surface area (Å²) in [6, 6.07) is 7.07. The Morgan fingerprint density at radius 1 is 1.26 bits per heavy atom. The molecule has 0 bridgehead atoms. The van der Waals surface area contributed by atoms with Crippen molar-refractivity contribution in [3.63, 3.8) is 0 Å². The van der Waals surface area contributed by atoms with Gasteiger partial charge < -0.3 is 4.57 Å². The van der Waals surface area contributed by atoms with Gasteiger partial charge in [-0.3, -0.25) is 0 Å². The van der Waals surface area contributed by atoms with E-state index in [1.54, 1.807) is 46.8 Å². The van der Waals surface area contributed by atoms with E-state index in [4.69, 9.17) is 0 Å². The normalized spacial score (nSPS) is 13.1. The first-order valence-corrected chi connectivity index (χ1v) is 6.79. The standard InChI is InChI=1S/C11H11F3N2O2S/c1-16-7-8(9-4-2-3-5-10(9)16)6-15-19(17,18)11(12,13)14/h2-5,7,15H,6H2,1H3. The van der Waals surface area contributed by atoms with Gasteiger partial charge in [0.1, 0.15) is 0 Å². The Labute approximate surface area is 107 Å². The molecule has 1 heterocycles. The number of rotatable bonds is 3. The highest BCUT2D eigenvalue weighted by Crippen LogP contribution is 2.24. The third-order valence-electron chi connectivity index (χ3n) is 2.74. The number of hydrogen-bond donors (Lipinski definition) is 1. The smallest absolute Gasteiger partial charge is 0.350 e. The Morgan fingerprint density at radius 2 is 1.89 bits per heavy atom. The maximum absolute atomic E-state index is 12.2. The van der Waals surface area contributed by atoms with Crippen LogP contribution >= 0.6 is 0 Å². The molecule has 1 aromatic heterocycles. The van der Waals surface area contributed by atoms with Crippen molar-refractivity contribution in [3.8, 4) is 0 Å². The lowest BCUT2D eigenvalue weighted by atomic mass is 10.2. The molecule has 4 nitrogen and oxygen atoms in total. The molecule has 19 heavy (non-hydrogen) atoms. The van der Waals surface area contributed by atoms with Gasteiger partial charge in [-0.05, 0) is 11.6 Å². The Hall–Kier alpha value is -1.54. The first-order valence-electron chi connectivity index (χ1n) is 5.31. The maximum Gasteiger partial charge on any atom is 0.511 e. The van der Waals surface area contributed by atoms with Crippen LogP contribution in [0.5, 0.6) is 0 Å². The van der Waals surface area contributed by atoms with Crippen LogP contribution in [0.25, 0.3) is 10.9 Å². The Balaban J connectivity index is 2.29. The SMILES string of the molecule is Cn1cc(CNS(=O)(=O)C(F)(F)F)c2ccccc21. The molecular weight excluding hydrogens is 281 g/mol. The molecule has 0 saturated heterocycles. The number of nitrogens with one attached hydrogen (secondary N) is 1. The van der Waals surface area contributed by atoms with Crippen molar-refractivity contribution in [3.05, 3.63) is 36.0 Å². The minimum atomic E-state index is -5.31. The van der Waals surface area contributed by atoms with E-state index in [-0.39, 0.29) is 0 Å². The van der Waals surface area contributed by atoms with Crippen molar-refractivity contribution in [2.45, 2.75) is 12.1 Å². The summed E-state index contributed by atoms with van der Waals surface area (Å²) in [6.07, 6.45) is 1.60. The van der Waals surface area contributed by atoms with Crippen LogP contribution in [0, 0.1) is 0 Å². The topological polar surface area (TPSA) is 51.1 Å². The number of nitrogens with zero attached hydrogens (tertiary/aromatic N) is 1. The monoisotopic (exact) mass is 292 g/mol. The maximum atomic E-state index is 12.2. The molecule has 0 atom stereocenters. The molecule has 1 N–H and O–H groups in total. The molecule has 104 valence electrons. The average molecular weight is 292 g/mol. The lowest BCUT2D eigenvalue weighted by Crippen LogP contribution is -2.35. The summed E-state index contributed by atoms with van der Waals surface area (Å²) in [5, 5.41) is 0.717. The molecule has 0 aliphatic rings. The molecule has 0 fully saturated rings. The number of fused-ring (bicyclic) bond motifs is 1. The second-order valence-corrected chi connectivity index (χ2v) is 5.81. The van der Waals surface area contributed by atoms with Crippen molar-refractivity contribution in [2.24, 2.45) is 7.05 Å². The van der Waals surface area contributed by atoms with Crippen LogP contribution in [0.15, 0.2) is 30.5 Å². The lowest BCUT2D eigenvalue weighted by Gasteiger charge is -2.08. The number of hydrogen-bond acceptors (Lipinski definition) is 2. The van der Waals surface area contributed by atoms with E-state index < -0.39 is 22.1 Å². The van der Waals surface area contributed by atoms with E-state index in [2.05, 4.69) is 0 Å². The van der Waals surface area contributed by atoms with Gasteiger partial charge in [0.05, 0.1) is 0 Å². The van der Waals surface area contributed by atoms with Crippen LogP contribution in [0.2, 0.25) is 0 Å². The molecule has 2 rings (SSSR count). The summed E-state index contributed by atoms with van der Waals surface area (Å²) in [7, 11) is -3.57. The summed E-state index contributed by atoms with van der Waals surface area (Å²) in [4.78, 5) is 0. The van der Waals surface area contributed by atoms with E-state index in [9.17, 15) is 21.6 Å². The van der Waals surface area contributed by atoms with Crippen molar-refractivity contribution < 1.29 is 21.6 Å². The first-order chi connectivity index (χ1) is 8.72. The van der Waals surface area contributed by atoms with Gasteiger partial charge in [-0.15, -0.1) is 0 Å². The highest BCUT2D eigenvalue weighted by molar-refractivity contribution is 7.90. The molecular formula is C11H11F3N2O2S. The van der Waals surface area contributed by atoms with E-state index in [1.165, 1.54) is 0 Å². The van der Waals surface area contributed by atoms with Crippen LogP contribution in [-0.4, -0.2) is 18.5 Å². The lowest BCUT2D eigenvalue weighted by molar-refractivity contribution is -0.0448. The van der Waals surface area contributed by atoms with Crippen LogP contribution in [0.4, 0.5) is 13.2 Å². The summed E-state index contributed by atoms with van der Waals surface area (Å²) >= 11 is 0. The van der Waals surface area contributed by atoms with E-state index in [1.807, 2.05) is 0 Å². The van der Waals surface area contributed by atoms with Gasteiger partial charge in [-0.1, -0.05) is 18.2 Å². The molecule has 0 saturated carbocycles. The zero-order valence-electron chi connectivity index (χ0n) is 9.90. The van der Waals surface area contributed by atoms with E-state index in [0.717, 1.165) is 10.9 Å². The molecule has 0 unspecified atom stereocenters. The predicted molar refractivity (Wildman–Crippen MR) is 64.7 cm³/mol. The zero-order valence-corrected chi connectivity index (χ0v) is 10.7. The minimum Gasteiger partial charge on any atom is -0.350 e. The van der Waals surface area contributed by atoms with Crippen LogP contribution in [0.1, 0.15) is 5.56 Å². The Kier molecular flexibility index (Phi) is 3.31. The first kappa shape index (κ1) is 13.9. The number of aromatic nitrogens is 1. The van der Waals surface area contributed by atoms with E-state index in [0.29, 0.717) is 5.56 Å². The largest absolute Gasteiger partial charge is 0.511 e. The van der Waals surface area contributed by atoms with Crippen molar-refractivity contribution >= 4 is 20.9 Å². The third kappa shape index (κ3) is 2.59. The van der Waals surface area contributed by atoms with Gasteiger partial charge >= 0.3 is 15.5 Å². The number of aryl methyl sites for hydroxylation is 1. The van der Waals surface area contributed by atoms with Crippen LogP contribution < -0.4 is 4.72 Å². The van der Waals surface area contributed by atoms with Crippen LogP contribution in [-0.2, 0) is 23.6 Å². The Morgan fingerprint density at radius 3 is 2.53 bits per heavy atom. The van der Waals surface area contributed by atoms with Crippen LogP contribution in [0.3, 0.4) is 0 Å². The molecule has 2 aromatic rings. The summed E-state index contributed by atoms with van der Waals surface area (Å²) in [6.45, 7) is -0.400. The van der Waals surface area contributed by atoms with Crippen molar-refractivity contribution in [1.29, 1.82) is 0 Å². The fraction of sp³-hybridized carbons (Fsp3) is 0.273. The molecule has 0 spiro atoms. The van der Waals surface area contributed by atoms with Crippen molar-refractivity contribution in [2.75, 3.05) is 0 Å². The fourth-order valence-corrected chi connectivity index (χ4v) is 2.33. The number of alkyl halides is 3. The van der Waals surface area contributed by atoms with Gasteiger partial charge in [0.15, 0.2) is 0 Å². The number of para-hydroxylation sites is 1. The van der Waals surface area contributed by atoms with Gasteiger partial charge in [0, 0.05) is 30.7 Å². The van der Waals surface area contributed by atoms with E-state index >= 15 is 0 Å². The molecule has 1 aromatic carbocycles. The van der Waals surface area contributed by atoms with Gasteiger partial charge in [0.2, 0.25) is 0 Å². The summed E-state index contributed by atoms with van der Waals surface area (Å²) in [5.41, 5.74) is -3.98. The highest BCUT2D eigenvalue weighted by atomic mass is 32.2. The summed E-state index contributed by atoms with van der Waals surface area (Å²) < 4.78 is 61.7. The van der Waals surface area contributed by atoms with Gasteiger partial charge in [0.25, 0.3) is 0 Å². The number of benzene rings is 1. The molecule has 0 aliphatic carbocycles. The highest BCUT2D eigenvalue weighted by Gasteiger charge is 2.45. The van der Waals surface area contributed by atoms with Gasteiger partial charge in [-0.25, -0.2) is 13.1 Å². The quantitative estimate of drug-likeness (QED) is 0.942. The minimum absolute atomic E-state index is 0.400. The summed E-state index contributed by atoms with van der Waals surface area (Å²) in [5.74, 6) is 0. The molecule has 0 radical (unpaired) electrons. The van der Waals surface area contributed by atoms with Crippen molar-refractivity contribution in [1.82, 2.24) is 9.29 Å². The fourth-order valence-electron chi connectivity index (χ4n) is 1.82. The molecule has 0 amide bonds. The predicted octanol–water partition coefficient (Wildman–Crippen LogP) is 2.12. The third-order valence-corrected chi connectivity index (χ3v) is 3.87. The Bertz CT molecular complexity index is 704. The van der Waals surface area contributed by atoms with Gasteiger partial charge in [-0.2, -0.15) is 13.2 Å².